The smallest absolute Gasteiger partial charge is 0.258 e. The van der Waals surface area contributed by atoms with E-state index in [9.17, 15) is 9.90 Å². The highest BCUT2D eigenvalue weighted by atomic mass is 32.1. The molecule has 1 N–H and O–H groups in total. The Bertz CT molecular complexity index is 915. The lowest BCUT2D eigenvalue weighted by molar-refractivity contribution is 0.405. The number of rotatable bonds is 4. The van der Waals surface area contributed by atoms with E-state index >= 15 is 0 Å². The minimum Gasteiger partial charge on any atom is -0.494 e. The van der Waals surface area contributed by atoms with Gasteiger partial charge in [-0.3, -0.25) is 13.9 Å². The van der Waals surface area contributed by atoms with Gasteiger partial charge >= 0.3 is 0 Å². The summed E-state index contributed by atoms with van der Waals surface area (Å²) in [6.07, 6.45) is 0. The highest BCUT2D eigenvalue weighted by molar-refractivity contribution is 7.71. The molecule has 2 aromatic carbocycles. The van der Waals surface area contributed by atoms with E-state index in [0.717, 1.165) is 11.1 Å². The molecule has 0 amide bonds. The third kappa shape index (κ3) is 3.40. The molecule has 0 unspecified atom stereocenters. The maximum atomic E-state index is 12.2. The zero-order chi connectivity index (χ0) is 16.2. The standard InChI is InChI=1S/C18H16N2O2S/c21-16-11-17(22)20(13-15-9-5-2-6-10-15)18(23)19(16)12-14-7-3-1-4-8-14/h1-11,21H,12-13H2. The Morgan fingerprint density at radius 2 is 1.30 bits per heavy atom. The Hall–Kier alpha value is -2.66. The van der Waals surface area contributed by atoms with Crippen molar-refractivity contribution in [1.82, 2.24) is 9.13 Å². The molecule has 0 aliphatic carbocycles. The summed E-state index contributed by atoms with van der Waals surface area (Å²) in [7, 11) is 0. The van der Waals surface area contributed by atoms with Crippen molar-refractivity contribution >= 4 is 12.2 Å². The van der Waals surface area contributed by atoms with Gasteiger partial charge in [0.25, 0.3) is 5.56 Å². The molecule has 0 saturated carbocycles. The van der Waals surface area contributed by atoms with Crippen LogP contribution in [-0.2, 0) is 13.1 Å². The van der Waals surface area contributed by atoms with Gasteiger partial charge in [0.05, 0.1) is 19.2 Å². The van der Waals surface area contributed by atoms with Crippen LogP contribution in [0.25, 0.3) is 0 Å². The van der Waals surface area contributed by atoms with Crippen LogP contribution in [0.15, 0.2) is 71.5 Å². The molecule has 0 saturated heterocycles. The van der Waals surface area contributed by atoms with Crippen LogP contribution in [0.4, 0.5) is 0 Å². The molecule has 23 heavy (non-hydrogen) atoms. The predicted octanol–water partition coefficient (Wildman–Crippen LogP) is 3.18. The van der Waals surface area contributed by atoms with Crippen LogP contribution in [0.5, 0.6) is 5.88 Å². The molecule has 5 heteroatoms. The van der Waals surface area contributed by atoms with Gasteiger partial charge in [-0.2, -0.15) is 0 Å². The van der Waals surface area contributed by atoms with Gasteiger partial charge in [0.2, 0.25) is 0 Å². The van der Waals surface area contributed by atoms with Crippen LogP contribution < -0.4 is 5.56 Å². The molecule has 0 radical (unpaired) electrons. The van der Waals surface area contributed by atoms with E-state index in [1.54, 1.807) is 4.57 Å². The van der Waals surface area contributed by atoms with Gasteiger partial charge in [0.15, 0.2) is 10.7 Å². The van der Waals surface area contributed by atoms with Gasteiger partial charge in [0.1, 0.15) is 0 Å². The van der Waals surface area contributed by atoms with Crippen molar-refractivity contribution < 1.29 is 5.11 Å². The first-order valence-corrected chi connectivity index (χ1v) is 7.67. The van der Waals surface area contributed by atoms with E-state index in [1.807, 2.05) is 60.7 Å². The SMILES string of the molecule is O=c1cc(O)n(Cc2ccccc2)c(=S)n1Cc1ccccc1. The van der Waals surface area contributed by atoms with Crippen molar-refractivity contribution in [1.29, 1.82) is 0 Å². The Kier molecular flexibility index (Phi) is 4.39. The van der Waals surface area contributed by atoms with Crippen molar-refractivity contribution in [3.05, 3.63) is 93.0 Å². The summed E-state index contributed by atoms with van der Waals surface area (Å²) < 4.78 is 3.37. The van der Waals surface area contributed by atoms with Crippen LogP contribution in [0.1, 0.15) is 11.1 Å². The van der Waals surface area contributed by atoms with Crippen molar-refractivity contribution in [2.45, 2.75) is 13.1 Å². The van der Waals surface area contributed by atoms with E-state index in [4.69, 9.17) is 12.2 Å². The van der Waals surface area contributed by atoms with Crippen LogP contribution >= 0.6 is 12.2 Å². The lowest BCUT2D eigenvalue weighted by Crippen LogP contribution is -2.25. The molecular weight excluding hydrogens is 308 g/mol. The van der Waals surface area contributed by atoms with E-state index in [0.29, 0.717) is 17.9 Å². The fourth-order valence-corrected chi connectivity index (χ4v) is 2.74. The maximum absolute atomic E-state index is 12.2. The van der Waals surface area contributed by atoms with Crippen LogP contribution in [0.3, 0.4) is 0 Å². The summed E-state index contributed by atoms with van der Waals surface area (Å²) in [5.41, 5.74) is 1.68. The first kappa shape index (κ1) is 15.2. The molecule has 0 spiro atoms. The van der Waals surface area contributed by atoms with Crippen molar-refractivity contribution in [3.63, 3.8) is 0 Å². The van der Waals surface area contributed by atoms with Crippen molar-refractivity contribution in [2.75, 3.05) is 0 Å². The fraction of sp³-hybridized carbons (Fsp3) is 0.111. The molecule has 0 aliphatic heterocycles. The molecule has 116 valence electrons. The second-order valence-electron chi connectivity index (χ2n) is 5.27. The van der Waals surface area contributed by atoms with Crippen LogP contribution in [0.2, 0.25) is 0 Å². The summed E-state index contributed by atoms with van der Waals surface area (Å²) in [5.74, 6) is -0.117. The number of nitrogens with zero attached hydrogens (tertiary/aromatic N) is 2. The zero-order valence-electron chi connectivity index (χ0n) is 12.4. The fourth-order valence-electron chi connectivity index (χ4n) is 2.43. The highest BCUT2D eigenvalue weighted by Gasteiger charge is 2.09. The van der Waals surface area contributed by atoms with Gasteiger partial charge in [0, 0.05) is 0 Å². The molecule has 1 heterocycles. The summed E-state index contributed by atoms with van der Waals surface area (Å²) in [6.45, 7) is 0.800. The first-order valence-electron chi connectivity index (χ1n) is 7.26. The van der Waals surface area contributed by atoms with Gasteiger partial charge in [-0.25, -0.2) is 0 Å². The number of hydrogen-bond acceptors (Lipinski definition) is 3. The van der Waals surface area contributed by atoms with Gasteiger partial charge in [-0.1, -0.05) is 60.7 Å². The van der Waals surface area contributed by atoms with E-state index in [-0.39, 0.29) is 11.4 Å². The average molecular weight is 324 g/mol. The van der Waals surface area contributed by atoms with Crippen LogP contribution in [-0.4, -0.2) is 14.2 Å². The van der Waals surface area contributed by atoms with Gasteiger partial charge < -0.3 is 5.11 Å². The second-order valence-corrected chi connectivity index (χ2v) is 5.63. The summed E-state index contributed by atoms with van der Waals surface area (Å²) >= 11 is 5.43. The molecule has 4 nitrogen and oxygen atoms in total. The van der Waals surface area contributed by atoms with Crippen molar-refractivity contribution in [3.8, 4) is 5.88 Å². The Balaban J connectivity index is 2.03. The molecule has 0 atom stereocenters. The minimum absolute atomic E-state index is 0.117. The molecule has 3 aromatic rings. The lowest BCUT2D eigenvalue weighted by Gasteiger charge is -2.14. The third-order valence-electron chi connectivity index (χ3n) is 3.62. The average Bonchev–Trinajstić information content (AvgIpc) is 2.57. The maximum Gasteiger partial charge on any atom is 0.258 e. The summed E-state index contributed by atoms with van der Waals surface area (Å²) in [6, 6.07) is 20.5. The Morgan fingerprint density at radius 1 is 0.826 bits per heavy atom. The molecule has 0 aliphatic rings. The topological polar surface area (TPSA) is 47.2 Å². The van der Waals surface area contributed by atoms with E-state index < -0.39 is 0 Å². The largest absolute Gasteiger partial charge is 0.494 e. The predicted molar refractivity (Wildman–Crippen MR) is 92.3 cm³/mol. The molecule has 3 rings (SSSR count). The minimum atomic E-state index is -0.305. The normalized spacial score (nSPS) is 10.6. The molecule has 0 fully saturated rings. The molecule has 0 bridgehead atoms. The first-order chi connectivity index (χ1) is 11.1. The summed E-state index contributed by atoms with van der Waals surface area (Å²) in [4.78, 5) is 12.2. The number of benzene rings is 2. The summed E-state index contributed by atoms with van der Waals surface area (Å²) in [5, 5.41) is 10.1. The third-order valence-corrected chi connectivity index (χ3v) is 4.06. The van der Waals surface area contributed by atoms with Crippen molar-refractivity contribution in [2.24, 2.45) is 0 Å². The van der Waals surface area contributed by atoms with Crippen LogP contribution in [0, 0.1) is 4.77 Å². The second kappa shape index (κ2) is 6.62. The zero-order valence-corrected chi connectivity index (χ0v) is 13.2. The number of aromatic nitrogens is 2. The number of aromatic hydroxyl groups is 1. The Labute approximate surface area is 138 Å². The molecular formula is C18H16N2O2S. The highest BCUT2D eigenvalue weighted by Crippen LogP contribution is 2.12. The molecule has 1 aromatic heterocycles. The lowest BCUT2D eigenvalue weighted by atomic mass is 10.2. The quantitative estimate of drug-likeness (QED) is 0.750. The monoisotopic (exact) mass is 324 g/mol. The van der Waals surface area contributed by atoms with E-state index in [2.05, 4.69) is 0 Å². The van der Waals surface area contributed by atoms with E-state index in [1.165, 1.54) is 10.6 Å². The van der Waals surface area contributed by atoms with Gasteiger partial charge in [-0.05, 0) is 23.3 Å². The van der Waals surface area contributed by atoms with Gasteiger partial charge in [-0.15, -0.1) is 0 Å². The number of hydrogen-bond donors (Lipinski definition) is 1. The Morgan fingerprint density at radius 3 is 1.83 bits per heavy atom.